The molecule has 0 fully saturated rings. The number of nitriles is 1. The summed E-state index contributed by atoms with van der Waals surface area (Å²) < 4.78 is 30.8. The molecule has 8 nitrogen and oxygen atoms in total. The number of hydrogen-bond donors (Lipinski definition) is 0. The summed E-state index contributed by atoms with van der Waals surface area (Å²) in [5.41, 5.74) is -2.59. The smallest absolute Gasteiger partial charge is 0.350 e. The molecule has 0 N–H and O–H groups in total. The molecule has 2 unspecified atom stereocenters. The standard InChI is InChI=1S/C23H47N2O6PSi/c1-13-29-32(27,30-14-2)20(21(3,4)5)25(22(6,7)8)31-23(9,17-24)16-15-19(26)28-18-33(10,11)12/h20H,13-16,18H2,1-12H3. The zero-order chi connectivity index (χ0) is 26.3. The average Bonchev–Trinajstić information content (AvgIpc) is 2.62. The number of rotatable bonds is 13. The molecule has 2 atom stereocenters. The molecular formula is C23H47N2O6PSi. The molecule has 0 radical (unpaired) electrons. The first-order chi connectivity index (χ1) is 14.7. The van der Waals surface area contributed by atoms with Crippen molar-refractivity contribution in [2.24, 2.45) is 5.41 Å². The molecular weight excluding hydrogens is 459 g/mol. The lowest BCUT2D eigenvalue weighted by Gasteiger charge is -2.49. The largest absolute Gasteiger partial charge is 0.469 e. The van der Waals surface area contributed by atoms with E-state index in [2.05, 4.69) is 25.7 Å². The Morgan fingerprint density at radius 1 is 1.03 bits per heavy atom. The Kier molecular flexibility index (Phi) is 12.0. The predicted molar refractivity (Wildman–Crippen MR) is 134 cm³/mol. The third-order valence-electron chi connectivity index (χ3n) is 4.58. The van der Waals surface area contributed by atoms with Gasteiger partial charge in [0.1, 0.15) is 5.78 Å². The Morgan fingerprint density at radius 3 is 1.85 bits per heavy atom. The fraction of sp³-hybridized carbons (Fsp3) is 0.913. The lowest BCUT2D eigenvalue weighted by Crippen LogP contribution is -2.56. The summed E-state index contributed by atoms with van der Waals surface area (Å²) >= 11 is 0. The predicted octanol–water partition coefficient (Wildman–Crippen LogP) is 6.14. The van der Waals surface area contributed by atoms with Gasteiger partial charge in [-0.2, -0.15) is 10.3 Å². The minimum Gasteiger partial charge on any atom is -0.469 e. The lowest BCUT2D eigenvalue weighted by molar-refractivity contribution is -0.284. The van der Waals surface area contributed by atoms with Crippen LogP contribution in [0.5, 0.6) is 0 Å². The van der Waals surface area contributed by atoms with E-state index in [1.54, 1.807) is 25.8 Å². The number of carbonyl (C=O) groups excluding carboxylic acids is 1. The van der Waals surface area contributed by atoms with Crippen LogP contribution in [0.3, 0.4) is 0 Å². The maximum atomic E-state index is 13.9. The number of carbonyl (C=O) groups is 1. The zero-order valence-electron chi connectivity index (χ0n) is 22.9. The minimum atomic E-state index is -3.66. The number of hydroxylamine groups is 2. The highest BCUT2D eigenvalue weighted by Gasteiger charge is 2.53. The Balaban J connectivity index is 6.04. The van der Waals surface area contributed by atoms with Crippen molar-refractivity contribution in [3.8, 4) is 6.07 Å². The van der Waals surface area contributed by atoms with E-state index < -0.39 is 38.0 Å². The molecule has 0 aliphatic carbocycles. The fourth-order valence-corrected chi connectivity index (χ4v) is 6.37. The molecule has 0 aromatic carbocycles. The third-order valence-corrected chi connectivity index (χ3v) is 8.41. The van der Waals surface area contributed by atoms with E-state index in [1.807, 2.05) is 41.5 Å². The van der Waals surface area contributed by atoms with E-state index in [0.29, 0.717) is 6.23 Å². The van der Waals surface area contributed by atoms with Gasteiger partial charge in [-0.05, 0) is 47.0 Å². The number of esters is 1. The molecule has 0 heterocycles. The van der Waals surface area contributed by atoms with E-state index in [-0.39, 0.29) is 32.0 Å². The first kappa shape index (κ1) is 32.2. The van der Waals surface area contributed by atoms with Crippen LogP contribution in [0.1, 0.15) is 75.2 Å². The van der Waals surface area contributed by atoms with Crippen molar-refractivity contribution < 1.29 is 28.0 Å². The van der Waals surface area contributed by atoms with E-state index in [9.17, 15) is 14.6 Å². The van der Waals surface area contributed by atoms with Gasteiger partial charge in [0, 0.05) is 18.4 Å². The summed E-state index contributed by atoms with van der Waals surface area (Å²) in [6, 6.07) is 2.20. The van der Waals surface area contributed by atoms with Crippen molar-refractivity contribution in [2.45, 2.75) is 112 Å². The van der Waals surface area contributed by atoms with Gasteiger partial charge in [0.15, 0.2) is 5.60 Å². The molecule has 0 aromatic rings. The fourth-order valence-electron chi connectivity index (χ4n) is 3.10. The van der Waals surface area contributed by atoms with Gasteiger partial charge in [-0.1, -0.05) is 40.4 Å². The number of ether oxygens (including phenoxy) is 1. The molecule has 33 heavy (non-hydrogen) atoms. The molecule has 0 saturated heterocycles. The highest BCUT2D eigenvalue weighted by atomic mass is 31.2. The van der Waals surface area contributed by atoms with Crippen LogP contribution in [0, 0.1) is 16.7 Å². The summed E-state index contributed by atoms with van der Waals surface area (Å²) in [4.78, 5) is 18.6. The Morgan fingerprint density at radius 2 is 1.52 bits per heavy atom. The average molecular weight is 507 g/mol. The minimum absolute atomic E-state index is 0.0429. The second kappa shape index (κ2) is 12.3. The van der Waals surface area contributed by atoms with E-state index in [1.165, 1.54) is 0 Å². The van der Waals surface area contributed by atoms with Gasteiger partial charge in [0.05, 0.1) is 33.6 Å². The zero-order valence-corrected chi connectivity index (χ0v) is 24.8. The number of hydrogen-bond acceptors (Lipinski definition) is 8. The van der Waals surface area contributed by atoms with Gasteiger partial charge in [0.25, 0.3) is 0 Å². The lowest BCUT2D eigenvalue weighted by atomic mass is 9.93. The summed E-state index contributed by atoms with van der Waals surface area (Å²) in [5, 5.41) is 11.6. The Bertz CT molecular complexity index is 710. The highest BCUT2D eigenvalue weighted by Crippen LogP contribution is 2.61. The van der Waals surface area contributed by atoms with E-state index in [4.69, 9.17) is 18.6 Å². The summed E-state index contributed by atoms with van der Waals surface area (Å²) in [6.07, 6.45) is 0.606. The van der Waals surface area contributed by atoms with Crippen LogP contribution in [0.2, 0.25) is 19.6 Å². The van der Waals surface area contributed by atoms with Crippen molar-refractivity contribution in [1.82, 2.24) is 5.06 Å². The van der Waals surface area contributed by atoms with Crippen LogP contribution in [0.4, 0.5) is 0 Å². The molecule has 194 valence electrons. The van der Waals surface area contributed by atoms with Crippen molar-refractivity contribution in [2.75, 3.05) is 19.4 Å². The molecule has 0 aromatic heterocycles. The number of nitrogens with zero attached hydrogens (tertiary/aromatic N) is 2. The van der Waals surface area contributed by atoms with Gasteiger partial charge in [0.2, 0.25) is 0 Å². The maximum Gasteiger partial charge on any atom is 0.350 e. The molecule has 0 saturated carbocycles. The summed E-state index contributed by atoms with van der Waals surface area (Å²) in [5.74, 6) is -1.15. The monoisotopic (exact) mass is 506 g/mol. The van der Waals surface area contributed by atoms with Gasteiger partial charge in [-0.15, -0.1) is 0 Å². The topological polar surface area (TPSA) is 98.1 Å². The van der Waals surface area contributed by atoms with Crippen LogP contribution in [0.15, 0.2) is 0 Å². The van der Waals surface area contributed by atoms with Crippen molar-refractivity contribution >= 4 is 21.6 Å². The van der Waals surface area contributed by atoms with E-state index >= 15 is 0 Å². The van der Waals surface area contributed by atoms with Gasteiger partial charge >= 0.3 is 13.6 Å². The van der Waals surface area contributed by atoms with Crippen LogP contribution in [-0.2, 0) is 28.0 Å². The van der Waals surface area contributed by atoms with Crippen molar-refractivity contribution in [1.29, 1.82) is 5.26 Å². The highest BCUT2D eigenvalue weighted by molar-refractivity contribution is 7.54. The van der Waals surface area contributed by atoms with Gasteiger partial charge in [-0.25, -0.2) is 0 Å². The molecule has 0 aliphatic heterocycles. The Labute approximate surface area is 202 Å². The quantitative estimate of drug-likeness (QED) is 0.127. The molecule has 0 spiro atoms. The van der Waals surface area contributed by atoms with Crippen molar-refractivity contribution in [3.05, 3.63) is 0 Å². The van der Waals surface area contributed by atoms with E-state index in [0.717, 1.165) is 0 Å². The summed E-state index contributed by atoms with van der Waals surface area (Å²) in [7, 11) is -5.20. The SMILES string of the molecule is CCOP(=O)(OCC)C(N(OC(C)(C#N)CCC(=O)OC[Si](C)(C)C)C(C)(C)C)C(C)(C)C. The second-order valence-electron chi connectivity index (χ2n) is 11.8. The molecule has 0 rings (SSSR count). The summed E-state index contributed by atoms with van der Waals surface area (Å²) in [6.45, 7) is 23.5. The molecule has 0 bridgehead atoms. The van der Waals surface area contributed by atoms with Gasteiger partial charge in [-0.3, -0.25) is 14.2 Å². The normalized spacial score (nSPS) is 16.2. The first-order valence-corrected chi connectivity index (χ1v) is 17.0. The molecule has 0 aliphatic rings. The van der Waals surface area contributed by atoms with Crippen LogP contribution in [-0.4, -0.2) is 55.5 Å². The second-order valence-corrected chi connectivity index (χ2v) is 19.3. The van der Waals surface area contributed by atoms with Crippen LogP contribution < -0.4 is 0 Å². The van der Waals surface area contributed by atoms with Crippen LogP contribution >= 0.6 is 7.60 Å². The molecule has 10 heteroatoms. The third kappa shape index (κ3) is 11.0. The Hall–Kier alpha value is -0.753. The van der Waals surface area contributed by atoms with Gasteiger partial charge < -0.3 is 13.8 Å². The van der Waals surface area contributed by atoms with Crippen molar-refractivity contribution in [3.63, 3.8) is 0 Å². The molecule has 0 amide bonds. The first-order valence-electron chi connectivity index (χ1n) is 11.7. The maximum absolute atomic E-state index is 13.9. The van der Waals surface area contributed by atoms with Crippen LogP contribution in [0.25, 0.3) is 0 Å².